The van der Waals surface area contributed by atoms with Crippen molar-refractivity contribution in [3.63, 3.8) is 0 Å². The summed E-state index contributed by atoms with van der Waals surface area (Å²) in [5, 5.41) is 15.8. The largest absolute Gasteiger partial charge is 0.388 e. The number of likely N-dealkylation sites (tertiary alicyclic amines) is 1. The predicted molar refractivity (Wildman–Crippen MR) is 127 cm³/mol. The number of rotatable bonds is 7. The maximum atomic E-state index is 14.6. The van der Waals surface area contributed by atoms with Crippen molar-refractivity contribution >= 4 is 22.9 Å². The van der Waals surface area contributed by atoms with E-state index in [1.807, 2.05) is 26.0 Å². The topological polar surface area (TPSA) is 81.7 Å². The maximum absolute atomic E-state index is 14.6. The average molecular weight is 454 g/mol. The number of anilines is 2. The summed E-state index contributed by atoms with van der Waals surface area (Å²) in [5.41, 5.74) is 3.11. The van der Waals surface area contributed by atoms with Crippen molar-refractivity contribution in [1.29, 1.82) is 0 Å². The van der Waals surface area contributed by atoms with Crippen LogP contribution in [0.5, 0.6) is 0 Å². The SMILES string of the molecule is CCNc1cc(F)cc2c1CCC(=O)C2(C)N1CCC[C@@H](Nc2ccc(C(=O)CO)cc2)C1. The summed E-state index contributed by atoms with van der Waals surface area (Å²) in [5.74, 6) is -0.498. The van der Waals surface area contributed by atoms with Gasteiger partial charge in [0.25, 0.3) is 0 Å². The zero-order chi connectivity index (χ0) is 23.6. The summed E-state index contributed by atoms with van der Waals surface area (Å²) < 4.78 is 14.6. The zero-order valence-electron chi connectivity index (χ0n) is 19.3. The monoisotopic (exact) mass is 453 g/mol. The van der Waals surface area contributed by atoms with Crippen molar-refractivity contribution in [3.8, 4) is 0 Å². The van der Waals surface area contributed by atoms with Gasteiger partial charge in [-0.3, -0.25) is 14.5 Å². The first-order valence-electron chi connectivity index (χ1n) is 11.7. The van der Waals surface area contributed by atoms with E-state index in [2.05, 4.69) is 15.5 Å². The van der Waals surface area contributed by atoms with E-state index in [-0.39, 0.29) is 23.4 Å². The molecule has 33 heavy (non-hydrogen) atoms. The van der Waals surface area contributed by atoms with Crippen LogP contribution in [0.15, 0.2) is 36.4 Å². The number of Topliss-reactive ketones (excluding diaryl/α,β-unsaturated/α-hetero) is 2. The van der Waals surface area contributed by atoms with Gasteiger partial charge in [0.1, 0.15) is 18.0 Å². The molecule has 1 heterocycles. The molecular formula is C26H32FN3O3. The van der Waals surface area contributed by atoms with Crippen LogP contribution in [-0.4, -0.2) is 53.9 Å². The molecule has 0 bridgehead atoms. The van der Waals surface area contributed by atoms with Gasteiger partial charge in [0.15, 0.2) is 11.6 Å². The van der Waals surface area contributed by atoms with E-state index in [0.29, 0.717) is 31.5 Å². The first kappa shape index (κ1) is 23.4. The second kappa shape index (κ2) is 9.61. The molecule has 1 unspecified atom stereocenters. The number of aliphatic hydroxyl groups is 1. The van der Waals surface area contributed by atoms with Gasteiger partial charge >= 0.3 is 0 Å². The number of carbonyl (C=O) groups excluding carboxylic acids is 2. The Morgan fingerprint density at radius 2 is 2.00 bits per heavy atom. The molecular weight excluding hydrogens is 421 g/mol. The van der Waals surface area contributed by atoms with E-state index in [1.54, 1.807) is 18.2 Å². The molecule has 1 aliphatic heterocycles. The fourth-order valence-corrected chi connectivity index (χ4v) is 5.25. The number of carbonyl (C=O) groups is 2. The van der Waals surface area contributed by atoms with Gasteiger partial charge in [-0.25, -0.2) is 4.39 Å². The quantitative estimate of drug-likeness (QED) is 0.554. The Bertz CT molecular complexity index is 1040. The van der Waals surface area contributed by atoms with Gasteiger partial charge in [-0.1, -0.05) is 0 Å². The molecule has 2 atom stereocenters. The molecule has 6 nitrogen and oxygen atoms in total. The molecule has 2 aliphatic rings. The van der Waals surface area contributed by atoms with Crippen molar-refractivity contribution in [2.75, 3.05) is 36.9 Å². The van der Waals surface area contributed by atoms with Gasteiger partial charge in [-0.2, -0.15) is 0 Å². The second-order valence-electron chi connectivity index (χ2n) is 9.09. The molecule has 0 aromatic heterocycles. The minimum atomic E-state index is -0.863. The van der Waals surface area contributed by atoms with Gasteiger partial charge in [-0.05, 0) is 87.2 Å². The summed E-state index contributed by atoms with van der Waals surface area (Å²) in [6.45, 7) is 5.55. The van der Waals surface area contributed by atoms with Crippen LogP contribution < -0.4 is 10.6 Å². The number of hydrogen-bond donors (Lipinski definition) is 3. The number of fused-ring (bicyclic) bond motifs is 1. The molecule has 0 amide bonds. The lowest BCUT2D eigenvalue weighted by Gasteiger charge is -2.47. The van der Waals surface area contributed by atoms with Crippen LogP contribution in [0.1, 0.15) is 54.6 Å². The van der Waals surface area contributed by atoms with E-state index in [1.165, 1.54) is 6.07 Å². The molecule has 4 rings (SSSR count). The lowest BCUT2D eigenvalue weighted by Crippen LogP contribution is -2.57. The molecule has 0 radical (unpaired) electrons. The van der Waals surface area contributed by atoms with Gasteiger partial charge in [0.05, 0.1) is 0 Å². The minimum absolute atomic E-state index is 0.120. The number of nitrogens with one attached hydrogen (secondary N) is 2. The Morgan fingerprint density at radius 1 is 1.24 bits per heavy atom. The van der Waals surface area contributed by atoms with E-state index in [0.717, 1.165) is 41.9 Å². The van der Waals surface area contributed by atoms with Gasteiger partial charge in [0, 0.05) is 42.5 Å². The third-order valence-electron chi connectivity index (χ3n) is 7.03. The lowest BCUT2D eigenvalue weighted by atomic mass is 9.74. The predicted octanol–water partition coefficient (Wildman–Crippen LogP) is 3.74. The molecule has 2 aromatic carbocycles. The van der Waals surface area contributed by atoms with Crippen LogP contribution in [0, 0.1) is 5.82 Å². The summed E-state index contributed by atoms with van der Waals surface area (Å²) in [4.78, 5) is 27.1. The number of ketones is 2. The molecule has 1 aliphatic carbocycles. The van der Waals surface area contributed by atoms with Crippen molar-refractivity contribution in [3.05, 3.63) is 58.9 Å². The minimum Gasteiger partial charge on any atom is -0.388 e. The number of aliphatic hydroxyl groups excluding tert-OH is 1. The zero-order valence-corrected chi connectivity index (χ0v) is 19.3. The van der Waals surface area contributed by atoms with E-state index >= 15 is 0 Å². The highest BCUT2D eigenvalue weighted by atomic mass is 19.1. The average Bonchev–Trinajstić information content (AvgIpc) is 2.82. The number of piperidine rings is 1. The molecule has 176 valence electrons. The Morgan fingerprint density at radius 3 is 2.70 bits per heavy atom. The standard InChI is InChI=1S/C26H32FN3O3/c1-3-28-23-14-18(27)13-22-21(23)10-11-25(33)26(22,2)30-12-4-5-20(15-30)29-19-8-6-17(7-9-19)24(32)16-31/h6-9,13-14,20,28-29,31H,3-5,10-12,15-16H2,1-2H3/t20-,26?/m1/s1. The summed E-state index contributed by atoms with van der Waals surface area (Å²) in [6, 6.07) is 10.3. The van der Waals surface area contributed by atoms with Crippen molar-refractivity contribution in [2.45, 2.75) is 51.1 Å². The first-order valence-corrected chi connectivity index (χ1v) is 11.7. The fraction of sp³-hybridized carbons (Fsp3) is 0.462. The summed E-state index contributed by atoms with van der Waals surface area (Å²) >= 11 is 0. The third-order valence-corrected chi connectivity index (χ3v) is 7.03. The fourth-order valence-electron chi connectivity index (χ4n) is 5.25. The maximum Gasteiger partial charge on any atom is 0.188 e. The van der Waals surface area contributed by atoms with E-state index in [9.17, 15) is 14.0 Å². The van der Waals surface area contributed by atoms with Crippen LogP contribution in [0.25, 0.3) is 0 Å². The van der Waals surface area contributed by atoms with Crippen molar-refractivity contribution in [1.82, 2.24) is 4.90 Å². The molecule has 0 saturated carbocycles. The van der Waals surface area contributed by atoms with Crippen molar-refractivity contribution < 1.29 is 19.1 Å². The Kier molecular flexibility index (Phi) is 6.81. The summed E-state index contributed by atoms with van der Waals surface area (Å²) in [6.07, 6.45) is 2.95. The number of nitrogens with zero attached hydrogens (tertiary/aromatic N) is 1. The van der Waals surface area contributed by atoms with Gasteiger partial charge in [0.2, 0.25) is 0 Å². The molecule has 0 spiro atoms. The number of benzene rings is 2. The molecule has 2 aromatic rings. The highest BCUT2D eigenvalue weighted by Crippen LogP contribution is 2.42. The van der Waals surface area contributed by atoms with Crippen molar-refractivity contribution in [2.24, 2.45) is 0 Å². The van der Waals surface area contributed by atoms with Gasteiger partial charge in [-0.15, -0.1) is 0 Å². The Labute approximate surface area is 194 Å². The number of halogens is 1. The van der Waals surface area contributed by atoms with E-state index < -0.39 is 12.1 Å². The molecule has 3 N–H and O–H groups in total. The van der Waals surface area contributed by atoms with Gasteiger partial charge < -0.3 is 15.7 Å². The smallest absolute Gasteiger partial charge is 0.188 e. The third kappa shape index (κ3) is 4.52. The lowest BCUT2D eigenvalue weighted by molar-refractivity contribution is -0.132. The Balaban J connectivity index is 1.58. The molecule has 1 fully saturated rings. The van der Waals surface area contributed by atoms with Crippen LogP contribution in [0.2, 0.25) is 0 Å². The normalized spacial score (nSPS) is 23.2. The second-order valence-corrected chi connectivity index (χ2v) is 9.09. The van der Waals surface area contributed by atoms with Crippen LogP contribution in [0.4, 0.5) is 15.8 Å². The molecule has 1 saturated heterocycles. The van der Waals surface area contributed by atoms with Crippen LogP contribution in [-0.2, 0) is 16.8 Å². The molecule has 7 heteroatoms. The van der Waals surface area contributed by atoms with Crippen LogP contribution in [0.3, 0.4) is 0 Å². The summed E-state index contributed by atoms with van der Waals surface area (Å²) in [7, 11) is 0. The van der Waals surface area contributed by atoms with E-state index in [4.69, 9.17) is 5.11 Å². The van der Waals surface area contributed by atoms with Crippen LogP contribution >= 0.6 is 0 Å². The highest BCUT2D eigenvalue weighted by molar-refractivity contribution is 5.97. The number of hydrogen-bond acceptors (Lipinski definition) is 6. The first-order chi connectivity index (χ1) is 15.9. The highest BCUT2D eigenvalue weighted by Gasteiger charge is 2.46. The Hall–Kier alpha value is -2.77.